The molecule has 18 heavy (non-hydrogen) atoms. The summed E-state index contributed by atoms with van der Waals surface area (Å²) < 4.78 is 13.8. The molecule has 0 radical (unpaired) electrons. The van der Waals surface area contributed by atoms with Gasteiger partial charge in [-0.05, 0) is 42.8 Å². The number of aryl methyl sites for hydroxylation is 1. The number of aromatic nitrogens is 2. The van der Waals surface area contributed by atoms with Crippen LogP contribution in [0.5, 0.6) is 0 Å². The number of aliphatic hydroxyl groups is 1. The van der Waals surface area contributed by atoms with Gasteiger partial charge in [0, 0.05) is 12.4 Å². The van der Waals surface area contributed by atoms with Gasteiger partial charge in [0.1, 0.15) is 5.82 Å². The van der Waals surface area contributed by atoms with Gasteiger partial charge in [-0.15, -0.1) is 0 Å². The summed E-state index contributed by atoms with van der Waals surface area (Å²) in [6.45, 7) is 3.49. The van der Waals surface area contributed by atoms with Crippen LogP contribution in [-0.4, -0.2) is 15.1 Å². The number of rotatable bonds is 3. The average Bonchev–Trinajstić information content (AvgIpc) is 2.34. The van der Waals surface area contributed by atoms with Crippen LogP contribution >= 0.6 is 11.8 Å². The lowest BCUT2D eigenvalue weighted by molar-refractivity contribution is 0.195. The summed E-state index contributed by atoms with van der Waals surface area (Å²) >= 11 is 1.12. The summed E-state index contributed by atoms with van der Waals surface area (Å²) in [5.41, 5.74) is 1.49. The maximum absolute atomic E-state index is 13.8. The topological polar surface area (TPSA) is 46.0 Å². The van der Waals surface area contributed by atoms with Crippen LogP contribution in [0.3, 0.4) is 0 Å². The van der Waals surface area contributed by atoms with Gasteiger partial charge in [0.2, 0.25) is 0 Å². The second-order valence-corrected chi connectivity index (χ2v) is 4.96. The number of halogens is 1. The smallest absolute Gasteiger partial charge is 0.192 e. The number of hydrogen-bond donors (Lipinski definition) is 1. The molecule has 0 bridgehead atoms. The lowest BCUT2D eigenvalue weighted by Gasteiger charge is -2.11. The third-order valence-electron chi connectivity index (χ3n) is 2.40. The lowest BCUT2D eigenvalue weighted by atomic mass is 10.1. The van der Waals surface area contributed by atoms with E-state index < -0.39 is 6.10 Å². The molecule has 1 heterocycles. The molecule has 0 saturated carbocycles. The second kappa shape index (κ2) is 5.46. The fourth-order valence-corrected chi connectivity index (χ4v) is 2.40. The van der Waals surface area contributed by atoms with Crippen LogP contribution in [-0.2, 0) is 0 Å². The second-order valence-electron chi connectivity index (χ2n) is 3.98. The Morgan fingerprint density at radius 3 is 2.56 bits per heavy atom. The van der Waals surface area contributed by atoms with Gasteiger partial charge in [0.15, 0.2) is 5.16 Å². The molecule has 1 aromatic carbocycles. The molecule has 1 aromatic heterocycles. The van der Waals surface area contributed by atoms with E-state index in [1.54, 1.807) is 31.5 Å². The maximum atomic E-state index is 13.8. The summed E-state index contributed by atoms with van der Waals surface area (Å²) in [6, 6.07) is 4.64. The predicted molar refractivity (Wildman–Crippen MR) is 67.9 cm³/mol. The van der Waals surface area contributed by atoms with E-state index in [2.05, 4.69) is 9.97 Å². The van der Waals surface area contributed by atoms with Crippen molar-refractivity contribution in [2.75, 3.05) is 0 Å². The molecule has 0 aliphatic heterocycles. The normalized spacial score (nSPS) is 12.4. The van der Waals surface area contributed by atoms with Crippen LogP contribution in [0.2, 0.25) is 0 Å². The summed E-state index contributed by atoms with van der Waals surface area (Å²) in [5.74, 6) is -0.373. The van der Waals surface area contributed by atoms with Crippen LogP contribution in [0, 0.1) is 12.7 Å². The Kier molecular flexibility index (Phi) is 3.93. The van der Waals surface area contributed by atoms with E-state index >= 15 is 0 Å². The fourth-order valence-electron chi connectivity index (χ4n) is 1.49. The van der Waals surface area contributed by atoms with Gasteiger partial charge >= 0.3 is 0 Å². The van der Waals surface area contributed by atoms with Crippen molar-refractivity contribution in [2.45, 2.75) is 30.0 Å². The van der Waals surface area contributed by atoms with E-state index in [-0.39, 0.29) is 5.82 Å². The Morgan fingerprint density at radius 2 is 1.94 bits per heavy atom. The van der Waals surface area contributed by atoms with Crippen LogP contribution in [0.1, 0.15) is 24.2 Å². The summed E-state index contributed by atoms with van der Waals surface area (Å²) in [5, 5.41) is 10.1. The van der Waals surface area contributed by atoms with Crippen molar-refractivity contribution in [1.82, 2.24) is 9.97 Å². The molecule has 2 rings (SSSR count). The predicted octanol–water partition coefficient (Wildman–Crippen LogP) is 3.13. The van der Waals surface area contributed by atoms with E-state index in [9.17, 15) is 9.50 Å². The number of benzene rings is 1. The average molecular weight is 264 g/mol. The van der Waals surface area contributed by atoms with Crippen LogP contribution in [0.4, 0.5) is 4.39 Å². The summed E-state index contributed by atoms with van der Waals surface area (Å²) in [6.07, 6.45) is 2.63. The van der Waals surface area contributed by atoms with E-state index in [4.69, 9.17) is 0 Å². The highest BCUT2D eigenvalue weighted by atomic mass is 32.2. The van der Waals surface area contributed by atoms with Gasteiger partial charge in [-0.3, -0.25) is 0 Å². The number of nitrogens with zero attached hydrogens (tertiary/aromatic N) is 2. The Morgan fingerprint density at radius 1 is 1.28 bits per heavy atom. The van der Waals surface area contributed by atoms with Crippen molar-refractivity contribution in [1.29, 1.82) is 0 Å². The quantitative estimate of drug-likeness (QED) is 0.865. The third-order valence-corrected chi connectivity index (χ3v) is 3.43. The lowest BCUT2D eigenvalue weighted by Crippen LogP contribution is -1.97. The van der Waals surface area contributed by atoms with Gasteiger partial charge in [0.05, 0.1) is 11.0 Å². The van der Waals surface area contributed by atoms with Crippen molar-refractivity contribution in [3.8, 4) is 0 Å². The largest absolute Gasteiger partial charge is 0.389 e. The Bertz CT molecular complexity index is 543. The van der Waals surface area contributed by atoms with Gasteiger partial charge < -0.3 is 5.11 Å². The zero-order valence-corrected chi connectivity index (χ0v) is 10.9. The molecule has 0 unspecified atom stereocenters. The molecule has 0 spiro atoms. The minimum Gasteiger partial charge on any atom is -0.389 e. The van der Waals surface area contributed by atoms with Gasteiger partial charge in [-0.1, -0.05) is 12.1 Å². The molecule has 0 aliphatic carbocycles. The van der Waals surface area contributed by atoms with E-state index in [0.717, 1.165) is 17.3 Å². The zero-order valence-electron chi connectivity index (χ0n) is 10.1. The van der Waals surface area contributed by atoms with Crippen molar-refractivity contribution in [3.05, 3.63) is 47.5 Å². The molecule has 1 atom stereocenters. The highest BCUT2D eigenvalue weighted by molar-refractivity contribution is 7.99. The summed E-state index contributed by atoms with van der Waals surface area (Å²) in [4.78, 5) is 8.61. The molecule has 3 nitrogen and oxygen atoms in total. The van der Waals surface area contributed by atoms with Gasteiger partial charge in [-0.2, -0.15) is 0 Å². The molecule has 0 fully saturated rings. The molecule has 5 heteroatoms. The van der Waals surface area contributed by atoms with Crippen LogP contribution in [0.15, 0.2) is 40.6 Å². The molecular formula is C13H13FN2OS. The monoisotopic (exact) mass is 264 g/mol. The molecule has 1 N–H and O–H groups in total. The first kappa shape index (κ1) is 13.0. The van der Waals surface area contributed by atoms with Crippen molar-refractivity contribution in [2.24, 2.45) is 0 Å². The molecule has 0 amide bonds. The molecule has 0 saturated heterocycles. The minimum absolute atomic E-state index is 0.372. The SMILES string of the molecule is Cc1cnc(Sc2c(F)cccc2[C@@H](C)O)nc1. The van der Waals surface area contributed by atoms with E-state index in [0.29, 0.717) is 15.6 Å². The number of aliphatic hydroxyl groups excluding tert-OH is 1. The maximum Gasteiger partial charge on any atom is 0.192 e. The van der Waals surface area contributed by atoms with Crippen LogP contribution in [0.25, 0.3) is 0 Å². The molecule has 0 aliphatic rings. The summed E-state index contributed by atoms with van der Waals surface area (Å²) in [7, 11) is 0. The van der Waals surface area contributed by atoms with E-state index in [1.807, 2.05) is 6.92 Å². The first-order valence-electron chi connectivity index (χ1n) is 5.51. The fraction of sp³-hybridized carbons (Fsp3) is 0.231. The minimum atomic E-state index is -0.728. The van der Waals surface area contributed by atoms with Crippen LogP contribution < -0.4 is 0 Å². The standard InChI is InChI=1S/C13H13FN2OS/c1-8-6-15-13(16-7-8)18-12-10(9(2)17)4-3-5-11(12)14/h3-7,9,17H,1-2H3/t9-/m1/s1. The third kappa shape index (κ3) is 2.86. The van der Waals surface area contributed by atoms with Gasteiger partial charge in [0.25, 0.3) is 0 Å². The van der Waals surface area contributed by atoms with E-state index in [1.165, 1.54) is 6.07 Å². The highest BCUT2D eigenvalue weighted by Crippen LogP contribution is 2.33. The van der Waals surface area contributed by atoms with Crippen molar-refractivity contribution in [3.63, 3.8) is 0 Å². The number of hydrogen-bond acceptors (Lipinski definition) is 4. The Labute approximate surface area is 109 Å². The zero-order chi connectivity index (χ0) is 13.1. The van der Waals surface area contributed by atoms with Gasteiger partial charge in [-0.25, -0.2) is 14.4 Å². The molecular weight excluding hydrogens is 251 g/mol. The molecule has 94 valence electrons. The molecule has 2 aromatic rings. The van der Waals surface area contributed by atoms with Crippen molar-refractivity contribution < 1.29 is 9.50 Å². The first-order valence-corrected chi connectivity index (χ1v) is 6.32. The Balaban J connectivity index is 2.36. The van der Waals surface area contributed by atoms with Crippen molar-refractivity contribution >= 4 is 11.8 Å². The first-order chi connectivity index (χ1) is 8.58. The highest BCUT2D eigenvalue weighted by Gasteiger charge is 2.14. The Hall–Kier alpha value is -1.46.